The summed E-state index contributed by atoms with van der Waals surface area (Å²) in [6.07, 6.45) is 4.85. The van der Waals surface area contributed by atoms with Crippen molar-refractivity contribution in [1.82, 2.24) is 10.6 Å². The van der Waals surface area contributed by atoms with Crippen LogP contribution < -0.4 is 10.6 Å². The van der Waals surface area contributed by atoms with Crippen molar-refractivity contribution in [3.63, 3.8) is 0 Å². The van der Waals surface area contributed by atoms with Crippen molar-refractivity contribution >= 4 is 21.8 Å². The highest BCUT2D eigenvalue weighted by Crippen LogP contribution is 2.21. The third kappa shape index (κ3) is 4.97. The first kappa shape index (κ1) is 16.2. The number of hydrogen-bond donors (Lipinski definition) is 2. The quantitative estimate of drug-likeness (QED) is 0.774. The van der Waals surface area contributed by atoms with Crippen LogP contribution in [0, 0.1) is 5.92 Å². The van der Waals surface area contributed by atoms with E-state index in [2.05, 4.69) is 45.6 Å². The number of carbonyl (C=O) groups is 1. The first-order valence-electron chi connectivity index (χ1n) is 7.60. The SMILES string of the molecule is CCC(Cc1ccccc1Br)C(=O)NCC1=CCNCC1. The smallest absolute Gasteiger partial charge is 0.223 e. The van der Waals surface area contributed by atoms with Gasteiger partial charge in [-0.15, -0.1) is 0 Å². The van der Waals surface area contributed by atoms with Crippen molar-refractivity contribution in [3.8, 4) is 0 Å². The molecule has 1 heterocycles. The van der Waals surface area contributed by atoms with E-state index in [9.17, 15) is 4.79 Å². The van der Waals surface area contributed by atoms with Gasteiger partial charge in [-0.05, 0) is 37.4 Å². The summed E-state index contributed by atoms with van der Waals surface area (Å²) in [4.78, 5) is 12.4. The lowest BCUT2D eigenvalue weighted by atomic mass is 9.96. The van der Waals surface area contributed by atoms with Crippen molar-refractivity contribution in [3.05, 3.63) is 46.0 Å². The van der Waals surface area contributed by atoms with E-state index in [1.165, 1.54) is 11.1 Å². The van der Waals surface area contributed by atoms with Crippen LogP contribution >= 0.6 is 15.9 Å². The number of carbonyl (C=O) groups excluding carboxylic acids is 1. The van der Waals surface area contributed by atoms with E-state index in [0.29, 0.717) is 6.54 Å². The molecule has 1 aliphatic heterocycles. The van der Waals surface area contributed by atoms with Gasteiger partial charge < -0.3 is 10.6 Å². The van der Waals surface area contributed by atoms with Crippen LogP contribution in [0.15, 0.2) is 40.4 Å². The monoisotopic (exact) mass is 350 g/mol. The Labute approximate surface area is 135 Å². The van der Waals surface area contributed by atoms with Gasteiger partial charge in [0.2, 0.25) is 5.91 Å². The zero-order valence-corrected chi connectivity index (χ0v) is 14.1. The lowest BCUT2D eigenvalue weighted by molar-refractivity contribution is -0.124. The minimum atomic E-state index is 0.0333. The van der Waals surface area contributed by atoms with E-state index >= 15 is 0 Å². The van der Waals surface area contributed by atoms with Crippen LogP contribution in [-0.2, 0) is 11.2 Å². The van der Waals surface area contributed by atoms with E-state index in [-0.39, 0.29) is 11.8 Å². The fraction of sp³-hybridized carbons (Fsp3) is 0.471. The second-order valence-electron chi connectivity index (χ2n) is 5.44. The summed E-state index contributed by atoms with van der Waals surface area (Å²) >= 11 is 3.56. The van der Waals surface area contributed by atoms with Crippen molar-refractivity contribution < 1.29 is 4.79 Å². The Bertz CT molecular complexity index is 513. The van der Waals surface area contributed by atoms with Crippen LogP contribution in [0.4, 0.5) is 0 Å². The molecule has 0 spiro atoms. The van der Waals surface area contributed by atoms with Gasteiger partial charge in [-0.1, -0.05) is 52.7 Å². The number of amides is 1. The molecular weight excluding hydrogens is 328 g/mol. The maximum absolute atomic E-state index is 12.4. The molecular formula is C17H23BrN2O. The Morgan fingerprint density at radius 2 is 2.24 bits per heavy atom. The molecule has 0 aliphatic carbocycles. The molecule has 0 saturated carbocycles. The molecule has 1 atom stereocenters. The Morgan fingerprint density at radius 3 is 2.90 bits per heavy atom. The van der Waals surface area contributed by atoms with Gasteiger partial charge in [-0.2, -0.15) is 0 Å². The highest BCUT2D eigenvalue weighted by Gasteiger charge is 2.18. The van der Waals surface area contributed by atoms with Gasteiger partial charge in [0.1, 0.15) is 0 Å². The Balaban J connectivity index is 1.89. The zero-order chi connectivity index (χ0) is 15.1. The second kappa shape index (κ2) is 8.35. The minimum Gasteiger partial charge on any atom is -0.352 e. The Hall–Kier alpha value is -1.13. The normalized spacial score (nSPS) is 16.2. The fourth-order valence-electron chi connectivity index (χ4n) is 2.53. The maximum Gasteiger partial charge on any atom is 0.223 e. The minimum absolute atomic E-state index is 0.0333. The van der Waals surface area contributed by atoms with Crippen molar-refractivity contribution in [1.29, 1.82) is 0 Å². The average molecular weight is 351 g/mol. The highest BCUT2D eigenvalue weighted by atomic mass is 79.9. The van der Waals surface area contributed by atoms with Crippen LogP contribution in [0.2, 0.25) is 0 Å². The van der Waals surface area contributed by atoms with Gasteiger partial charge in [0.15, 0.2) is 0 Å². The molecule has 1 aliphatic rings. The molecule has 0 fully saturated rings. The fourth-order valence-corrected chi connectivity index (χ4v) is 2.97. The van der Waals surface area contributed by atoms with Gasteiger partial charge in [0.25, 0.3) is 0 Å². The van der Waals surface area contributed by atoms with Crippen molar-refractivity contribution in [2.24, 2.45) is 5.92 Å². The predicted molar refractivity (Wildman–Crippen MR) is 90.2 cm³/mol. The summed E-state index contributed by atoms with van der Waals surface area (Å²) in [6.45, 7) is 4.69. The Kier molecular flexibility index (Phi) is 6.46. The van der Waals surface area contributed by atoms with Crippen LogP contribution in [0.1, 0.15) is 25.3 Å². The largest absolute Gasteiger partial charge is 0.352 e. The maximum atomic E-state index is 12.4. The summed E-state index contributed by atoms with van der Waals surface area (Å²) in [5.41, 5.74) is 2.53. The molecule has 4 heteroatoms. The summed E-state index contributed by atoms with van der Waals surface area (Å²) in [5.74, 6) is 0.193. The first-order valence-corrected chi connectivity index (χ1v) is 8.39. The van der Waals surface area contributed by atoms with Gasteiger partial charge in [0, 0.05) is 23.5 Å². The molecule has 0 saturated heterocycles. The predicted octanol–water partition coefficient (Wildman–Crippen LogP) is 3.05. The topological polar surface area (TPSA) is 41.1 Å². The first-order chi connectivity index (χ1) is 10.2. The van der Waals surface area contributed by atoms with Crippen LogP contribution in [-0.4, -0.2) is 25.5 Å². The number of benzene rings is 1. The lowest BCUT2D eigenvalue weighted by Crippen LogP contribution is -2.34. The van der Waals surface area contributed by atoms with Crippen molar-refractivity contribution in [2.75, 3.05) is 19.6 Å². The average Bonchev–Trinajstić information content (AvgIpc) is 2.53. The molecule has 1 amide bonds. The van der Waals surface area contributed by atoms with Crippen molar-refractivity contribution in [2.45, 2.75) is 26.2 Å². The van der Waals surface area contributed by atoms with Gasteiger partial charge in [0.05, 0.1) is 0 Å². The summed E-state index contributed by atoms with van der Waals surface area (Å²) in [7, 11) is 0. The number of rotatable bonds is 6. The molecule has 1 aromatic carbocycles. The zero-order valence-electron chi connectivity index (χ0n) is 12.5. The molecule has 114 valence electrons. The van der Waals surface area contributed by atoms with Crippen LogP contribution in [0.3, 0.4) is 0 Å². The van der Waals surface area contributed by atoms with Crippen LogP contribution in [0.5, 0.6) is 0 Å². The second-order valence-corrected chi connectivity index (χ2v) is 6.29. The molecule has 3 nitrogen and oxygen atoms in total. The lowest BCUT2D eigenvalue weighted by Gasteiger charge is -2.18. The van der Waals surface area contributed by atoms with E-state index in [4.69, 9.17) is 0 Å². The van der Waals surface area contributed by atoms with E-state index in [1.54, 1.807) is 0 Å². The molecule has 1 aromatic rings. The van der Waals surface area contributed by atoms with E-state index in [0.717, 1.165) is 36.8 Å². The molecule has 2 rings (SSSR count). The van der Waals surface area contributed by atoms with Gasteiger partial charge >= 0.3 is 0 Å². The molecule has 2 N–H and O–H groups in total. The molecule has 0 aromatic heterocycles. The standard InChI is InChI=1S/C17H23BrN2O/c1-2-14(11-15-5-3-4-6-16(15)18)17(21)20-12-13-7-9-19-10-8-13/h3-7,14,19H,2,8-12H2,1H3,(H,20,21). The highest BCUT2D eigenvalue weighted by molar-refractivity contribution is 9.10. The number of hydrogen-bond acceptors (Lipinski definition) is 2. The molecule has 1 unspecified atom stereocenters. The molecule has 0 bridgehead atoms. The Morgan fingerprint density at radius 1 is 1.43 bits per heavy atom. The molecule has 21 heavy (non-hydrogen) atoms. The van der Waals surface area contributed by atoms with Gasteiger partial charge in [-0.25, -0.2) is 0 Å². The van der Waals surface area contributed by atoms with E-state index in [1.807, 2.05) is 18.2 Å². The third-order valence-electron chi connectivity index (χ3n) is 3.94. The summed E-state index contributed by atoms with van der Waals surface area (Å²) in [6, 6.07) is 8.12. The van der Waals surface area contributed by atoms with E-state index < -0.39 is 0 Å². The summed E-state index contributed by atoms with van der Waals surface area (Å²) in [5, 5.41) is 6.37. The van der Waals surface area contributed by atoms with Gasteiger partial charge in [-0.3, -0.25) is 4.79 Å². The summed E-state index contributed by atoms with van der Waals surface area (Å²) < 4.78 is 1.08. The van der Waals surface area contributed by atoms with Crippen LogP contribution in [0.25, 0.3) is 0 Å². The number of nitrogens with one attached hydrogen (secondary N) is 2. The third-order valence-corrected chi connectivity index (χ3v) is 4.71. The molecule has 0 radical (unpaired) electrons. The number of halogens is 1.